The minimum absolute atomic E-state index is 0.831. The number of rotatable bonds is 2. The van der Waals surface area contributed by atoms with Gasteiger partial charge in [0.25, 0.3) is 0 Å². The van der Waals surface area contributed by atoms with Crippen LogP contribution in [0.1, 0.15) is 37.3 Å². The highest BCUT2D eigenvalue weighted by atomic mass is 15.2. The maximum absolute atomic E-state index is 3.28. The van der Waals surface area contributed by atoms with Crippen LogP contribution in [0.4, 0.5) is 0 Å². The first-order valence-electron chi connectivity index (χ1n) is 6.77. The predicted molar refractivity (Wildman–Crippen MR) is 66.6 cm³/mol. The topological polar surface area (TPSA) is 19.0 Å². The molecule has 88 valence electrons. The molecule has 1 aliphatic heterocycles. The van der Waals surface area contributed by atoms with Gasteiger partial charge in [0.15, 0.2) is 0 Å². The number of hydrogen-bond acceptors (Lipinski definition) is 1. The lowest BCUT2D eigenvalue weighted by atomic mass is 9.76. The van der Waals surface area contributed by atoms with Crippen LogP contribution in [-0.4, -0.2) is 29.0 Å². The van der Waals surface area contributed by atoms with Crippen molar-refractivity contribution < 1.29 is 0 Å². The monoisotopic (exact) mass is 218 g/mol. The van der Waals surface area contributed by atoms with Gasteiger partial charge < -0.3 is 4.98 Å². The molecule has 1 unspecified atom stereocenters. The molecular formula is C14H22N2. The van der Waals surface area contributed by atoms with Crippen molar-refractivity contribution in [3.05, 3.63) is 23.5 Å². The number of nitrogens with zero attached hydrogens (tertiary/aromatic N) is 1. The molecule has 2 heterocycles. The molecule has 1 fully saturated rings. The Morgan fingerprint density at radius 3 is 2.94 bits per heavy atom. The first-order valence-corrected chi connectivity index (χ1v) is 6.77. The SMILES string of the molecule is CCCN1CCC[C@@H]2Cc3c[nH]cc3CC21. The fourth-order valence-electron chi connectivity index (χ4n) is 3.63. The van der Waals surface area contributed by atoms with E-state index in [-0.39, 0.29) is 0 Å². The van der Waals surface area contributed by atoms with Gasteiger partial charge in [-0.15, -0.1) is 0 Å². The molecule has 1 aromatic rings. The van der Waals surface area contributed by atoms with Crippen LogP contribution in [0.15, 0.2) is 12.4 Å². The minimum Gasteiger partial charge on any atom is -0.367 e. The Bertz CT molecular complexity index is 353. The van der Waals surface area contributed by atoms with Crippen LogP contribution in [-0.2, 0) is 12.8 Å². The zero-order chi connectivity index (χ0) is 11.0. The van der Waals surface area contributed by atoms with E-state index in [1.54, 1.807) is 11.1 Å². The van der Waals surface area contributed by atoms with E-state index in [0.717, 1.165) is 12.0 Å². The van der Waals surface area contributed by atoms with Gasteiger partial charge in [-0.05, 0) is 62.2 Å². The van der Waals surface area contributed by atoms with E-state index in [9.17, 15) is 0 Å². The smallest absolute Gasteiger partial charge is 0.0168 e. The van der Waals surface area contributed by atoms with E-state index in [1.807, 2.05) is 0 Å². The van der Waals surface area contributed by atoms with Crippen molar-refractivity contribution in [1.29, 1.82) is 0 Å². The lowest BCUT2D eigenvalue weighted by Gasteiger charge is -2.44. The Balaban J connectivity index is 1.81. The number of fused-ring (bicyclic) bond motifs is 2. The third-order valence-corrected chi connectivity index (χ3v) is 4.38. The summed E-state index contributed by atoms with van der Waals surface area (Å²) in [5, 5.41) is 0. The number of aromatic nitrogens is 1. The minimum atomic E-state index is 0.831. The van der Waals surface area contributed by atoms with Gasteiger partial charge in [0.1, 0.15) is 0 Å². The molecule has 16 heavy (non-hydrogen) atoms. The van der Waals surface area contributed by atoms with Gasteiger partial charge in [0.2, 0.25) is 0 Å². The van der Waals surface area contributed by atoms with Crippen molar-refractivity contribution >= 4 is 0 Å². The molecular weight excluding hydrogens is 196 g/mol. The Hall–Kier alpha value is -0.760. The molecule has 2 atom stereocenters. The van der Waals surface area contributed by atoms with Gasteiger partial charge >= 0.3 is 0 Å². The zero-order valence-electron chi connectivity index (χ0n) is 10.2. The highest BCUT2D eigenvalue weighted by molar-refractivity contribution is 5.28. The van der Waals surface area contributed by atoms with Gasteiger partial charge in [-0.3, -0.25) is 4.90 Å². The van der Waals surface area contributed by atoms with Gasteiger partial charge in [-0.25, -0.2) is 0 Å². The quantitative estimate of drug-likeness (QED) is 0.808. The molecule has 0 bridgehead atoms. The number of aromatic amines is 1. The van der Waals surface area contributed by atoms with Crippen molar-refractivity contribution in [3.63, 3.8) is 0 Å². The average Bonchev–Trinajstić information content (AvgIpc) is 2.74. The van der Waals surface area contributed by atoms with E-state index in [4.69, 9.17) is 0 Å². The Morgan fingerprint density at radius 1 is 1.31 bits per heavy atom. The van der Waals surface area contributed by atoms with Crippen LogP contribution in [0.3, 0.4) is 0 Å². The van der Waals surface area contributed by atoms with Crippen LogP contribution in [0.2, 0.25) is 0 Å². The Kier molecular flexibility index (Phi) is 2.76. The van der Waals surface area contributed by atoms with Crippen molar-refractivity contribution in [3.8, 4) is 0 Å². The maximum atomic E-state index is 3.28. The van der Waals surface area contributed by atoms with Crippen LogP contribution < -0.4 is 0 Å². The number of piperidine rings is 1. The van der Waals surface area contributed by atoms with Crippen molar-refractivity contribution in [2.75, 3.05) is 13.1 Å². The summed E-state index contributed by atoms with van der Waals surface area (Å²) in [6.45, 7) is 4.92. The van der Waals surface area contributed by atoms with E-state index in [2.05, 4.69) is 29.2 Å². The van der Waals surface area contributed by atoms with Gasteiger partial charge in [-0.2, -0.15) is 0 Å². The first-order chi connectivity index (χ1) is 7.88. The molecule has 0 saturated carbocycles. The van der Waals surface area contributed by atoms with Crippen molar-refractivity contribution in [2.45, 2.75) is 45.1 Å². The lowest BCUT2D eigenvalue weighted by Crippen LogP contribution is -2.49. The van der Waals surface area contributed by atoms with Crippen LogP contribution in [0.25, 0.3) is 0 Å². The molecule has 0 aromatic carbocycles. The number of likely N-dealkylation sites (tertiary alicyclic amines) is 1. The molecule has 0 radical (unpaired) electrons. The summed E-state index contributed by atoms with van der Waals surface area (Å²) in [5.74, 6) is 0.920. The second-order valence-corrected chi connectivity index (χ2v) is 5.42. The van der Waals surface area contributed by atoms with E-state index >= 15 is 0 Å². The molecule has 2 nitrogen and oxygen atoms in total. The molecule has 1 saturated heterocycles. The molecule has 2 aliphatic rings. The summed E-state index contributed by atoms with van der Waals surface area (Å²) in [4.78, 5) is 6.02. The molecule has 2 heteroatoms. The molecule has 0 spiro atoms. The summed E-state index contributed by atoms with van der Waals surface area (Å²) in [6.07, 6.45) is 11.2. The van der Waals surface area contributed by atoms with Crippen molar-refractivity contribution in [2.24, 2.45) is 5.92 Å². The summed E-state index contributed by atoms with van der Waals surface area (Å²) in [6, 6.07) is 0.831. The Labute approximate surface area is 98.0 Å². The number of nitrogens with one attached hydrogen (secondary N) is 1. The van der Waals surface area contributed by atoms with E-state index in [1.165, 1.54) is 45.2 Å². The second kappa shape index (κ2) is 4.25. The maximum Gasteiger partial charge on any atom is 0.0168 e. The van der Waals surface area contributed by atoms with Crippen LogP contribution in [0, 0.1) is 5.92 Å². The molecule has 1 aliphatic carbocycles. The first kappa shape index (κ1) is 10.4. The van der Waals surface area contributed by atoms with Gasteiger partial charge in [0.05, 0.1) is 0 Å². The fraction of sp³-hybridized carbons (Fsp3) is 0.714. The highest BCUT2D eigenvalue weighted by Crippen LogP contribution is 2.34. The Morgan fingerprint density at radius 2 is 2.12 bits per heavy atom. The second-order valence-electron chi connectivity index (χ2n) is 5.42. The van der Waals surface area contributed by atoms with E-state index < -0.39 is 0 Å². The average molecular weight is 218 g/mol. The van der Waals surface area contributed by atoms with E-state index in [0.29, 0.717) is 0 Å². The number of H-pyrrole nitrogens is 1. The number of hydrogen-bond donors (Lipinski definition) is 1. The normalized spacial score (nSPS) is 29.8. The summed E-state index contributed by atoms with van der Waals surface area (Å²) >= 11 is 0. The van der Waals surface area contributed by atoms with Crippen LogP contribution in [0.5, 0.6) is 0 Å². The summed E-state index contributed by atoms with van der Waals surface area (Å²) in [5.41, 5.74) is 3.16. The van der Waals surface area contributed by atoms with Crippen LogP contribution >= 0.6 is 0 Å². The highest BCUT2D eigenvalue weighted by Gasteiger charge is 2.35. The summed E-state index contributed by atoms with van der Waals surface area (Å²) < 4.78 is 0. The third kappa shape index (κ3) is 1.69. The van der Waals surface area contributed by atoms with Crippen molar-refractivity contribution in [1.82, 2.24) is 9.88 Å². The lowest BCUT2D eigenvalue weighted by molar-refractivity contribution is 0.0858. The van der Waals surface area contributed by atoms with Gasteiger partial charge in [-0.1, -0.05) is 6.92 Å². The fourth-order valence-corrected chi connectivity index (χ4v) is 3.63. The molecule has 1 aromatic heterocycles. The van der Waals surface area contributed by atoms with Gasteiger partial charge in [0, 0.05) is 18.4 Å². The standard InChI is InChI=1S/C14H22N2/c1-2-5-16-6-3-4-11-7-12-9-15-10-13(12)8-14(11)16/h9-11,14-15H,2-8H2,1H3/t11-,14?/m1/s1. The molecule has 0 amide bonds. The predicted octanol–water partition coefficient (Wildman–Crippen LogP) is 2.60. The third-order valence-electron chi connectivity index (χ3n) is 4.38. The zero-order valence-corrected chi connectivity index (χ0v) is 10.2. The largest absolute Gasteiger partial charge is 0.367 e. The molecule has 3 rings (SSSR count). The molecule has 1 N–H and O–H groups in total. The summed E-state index contributed by atoms with van der Waals surface area (Å²) in [7, 11) is 0.